The molecule has 2 heterocycles. The van der Waals surface area contributed by atoms with Crippen molar-refractivity contribution in [3.63, 3.8) is 0 Å². The Morgan fingerprint density at radius 3 is 2.47 bits per heavy atom. The Morgan fingerprint density at radius 1 is 1.17 bits per heavy atom. The second-order valence-electron chi connectivity index (χ2n) is 11.4. The van der Waals surface area contributed by atoms with Gasteiger partial charge in [-0.1, -0.05) is 24.3 Å². The molecule has 0 radical (unpaired) electrons. The van der Waals surface area contributed by atoms with E-state index in [1.807, 2.05) is 30.3 Å². The molecule has 1 N–H and O–H groups in total. The summed E-state index contributed by atoms with van der Waals surface area (Å²) in [6, 6.07) is 7.40. The number of aliphatic hydroxyl groups excluding tert-OH is 1. The predicted octanol–water partition coefficient (Wildman–Crippen LogP) is 4.81. The van der Waals surface area contributed by atoms with Crippen LogP contribution in [0.4, 0.5) is 8.78 Å². The summed E-state index contributed by atoms with van der Waals surface area (Å²) in [7, 11) is 0. The van der Waals surface area contributed by atoms with Crippen LogP contribution in [0.5, 0.6) is 5.75 Å². The highest BCUT2D eigenvalue weighted by Gasteiger charge is 2.45. The van der Waals surface area contributed by atoms with Crippen LogP contribution in [0.1, 0.15) is 52.0 Å². The summed E-state index contributed by atoms with van der Waals surface area (Å²) in [4.78, 5) is 16.9. The van der Waals surface area contributed by atoms with Gasteiger partial charge < -0.3 is 19.6 Å². The van der Waals surface area contributed by atoms with Gasteiger partial charge in [0, 0.05) is 13.1 Å². The van der Waals surface area contributed by atoms with Gasteiger partial charge >= 0.3 is 0 Å². The third-order valence-electron chi connectivity index (χ3n) is 7.80. The number of halogens is 2. The van der Waals surface area contributed by atoms with E-state index in [9.17, 15) is 14.3 Å². The topological polar surface area (TPSA) is 53.0 Å². The zero-order valence-electron chi connectivity index (χ0n) is 21.8. The molecule has 36 heavy (non-hydrogen) atoms. The van der Waals surface area contributed by atoms with Gasteiger partial charge in [0.2, 0.25) is 5.91 Å². The Balaban J connectivity index is 1.30. The van der Waals surface area contributed by atoms with Gasteiger partial charge in [0.25, 0.3) is 0 Å². The minimum Gasteiger partial charge on any atom is -0.493 e. The van der Waals surface area contributed by atoms with Crippen molar-refractivity contribution >= 4 is 11.5 Å². The van der Waals surface area contributed by atoms with E-state index in [0.29, 0.717) is 25.6 Å². The quantitative estimate of drug-likeness (QED) is 0.555. The highest BCUT2D eigenvalue weighted by Crippen LogP contribution is 2.38. The zero-order chi connectivity index (χ0) is 25.9. The number of piperidine rings is 1. The summed E-state index contributed by atoms with van der Waals surface area (Å²) >= 11 is 0. The van der Waals surface area contributed by atoms with E-state index in [4.69, 9.17) is 4.74 Å². The number of carbonyl (C=O) groups excluding carboxylic acids is 1. The monoisotopic (exact) mass is 502 g/mol. The molecule has 5 nitrogen and oxygen atoms in total. The zero-order valence-corrected chi connectivity index (χ0v) is 21.8. The van der Waals surface area contributed by atoms with Crippen LogP contribution in [0.2, 0.25) is 0 Å². The van der Waals surface area contributed by atoms with Gasteiger partial charge in [-0.05, 0) is 94.8 Å². The number of ether oxygens (including phenoxy) is 1. The van der Waals surface area contributed by atoms with Crippen molar-refractivity contribution in [2.45, 2.75) is 64.3 Å². The average molecular weight is 503 g/mol. The maximum absolute atomic E-state index is 15.3. The molecule has 2 saturated heterocycles. The van der Waals surface area contributed by atoms with Crippen molar-refractivity contribution in [1.82, 2.24) is 9.80 Å². The molecule has 1 aromatic carbocycles. The summed E-state index contributed by atoms with van der Waals surface area (Å²) in [5.41, 5.74) is -0.823. The number of nitrogens with zero attached hydrogens (tertiary/aromatic N) is 2. The number of rotatable bonds is 8. The highest BCUT2D eigenvalue weighted by atomic mass is 19.1. The van der Waals surface area contributed by atoms with E-state index in [-0.39, 0.29) is 18.6 Å². The van der Waals surface area contributed by atoms with Crippen LogP contribution in [0, 0.1) is 11.3 Å². The molecular weight excluding hydrogens is 462 g/mol. The number of allylic oxidation sites excluding steroid dienone is 3. The van der Waals surface area contributed by atoms with Gasteiger partial charge in [-0.2, -0.15) is 0 Å². The van der Waals surface area contributed by atoms with Gasteiger partial charge in [0.1, 0.15) is 17.6 Å². The third-order valence-corrected chi connectivity index (χ3v) is 7.80. The van der Waals surface area contributed by atoms with Gasteiger partial charge in [-0.25, -0.2) is 8.78 Å². The highest BCUT2D eigenvalue weighted by molar-refractivity contribution is 5.89. The van der Waals surface area contributed by atoms with Gasteiger partial charge in [0.15, 0.2) is 0 Å². The summed E-state index contributed by atoms with van der Waals surface area (Å²) in [5, 5.41) is 9.56. The van der Waals surface area contributed by atoms with Gasteiger partial charge in [-0.15, -0.1) is 0 Å². The van der Waals surface area contributed by atoms with E-state index in [1.165, 1.54) is 6.08 Å². The van der Waals surface area contributed by atoms with Crippen molar-refractivity contribution in [2.24, 2.45) is 11.3 Å². The first kappa shape index (κ1) is 26.8. The summed E-state index contributed by atoms with van der Waals surface area (Å²) < 4.78 is 35.2. The number of benzene rings is 1. The van der Waals surface area contributed by atoms with Crippen LogP contribution in [-0.2, 0) is 4.79 Å². The van der Waals surface area contributed by atoms with Crippen LogP contribution < -0.4 is 4.74 Å². The minimum atomic E-state index is -1.45. The molecule has 2 fully saturated rings. The predicted molar refractivity (Wildman–Crippen MR) is 138 cm³/mol. The van der Waals surface area contributed by atoms with Crippen molar-refractivity contribution in [1.29, 1.82) is 0 Å². The SMILES string of the molecule is CC(C)(F)CN1CCC(COc2ccc(C3=CC(F)C(C)(C(=O)N4CCC[C@@H]4CO)C=C3)cc2)CC1. The lowest BCUT2D eigenvalue weighted by molar-refractivity contribution is -0.142. The Kier molecular flexibility index (Phi) is 8.20. The fourth-order valence-corrected chi connectivity index (χ4v) is 5.53. The third kappa shape index (κ3) is 6.17. The van der Waals surface area contributed by atoms with Crippen molar-refractivity contribution in [2.75, 3.05) is 39.4 Å². The standard InChI is InChI=1S/C29H40F2N2O3/c1-28(2,31)20-32-15-11-21(12-16-32)19-36-25-8-6-22(7-9-25)23-10-13-29(3,26(30)17-23)27(35)33-14-4-5-24(33)18-34/h6-10,13,17,21,24,26,34H,4-5,11-12,14-16,18-20H2,1-3H3/t24-,26?,29?/m1/s1. The first-order valence-electron chi connectivity index (χ1n) is 13.2. The lowest BCUT2D eigenvalue weighted by atomic mass is 9.78. The molecule has 4 rings (SSSR count). The second kappa shape index (κ2) is 11.0. The van der Waals surface area contributed by atoms with E-state index in [0.717, 1.165) is 55.7 Å². The van der Waals surface area contributed by atoms with Crippen LogP contribution in [0.25, 0.3) is 5.57 Å². The Morgan fingerprint density at radius 2 is 1.86 bits per heavy atom. The smallest absolute Gasteiger partial charge is 0.235 e. The number of aliphatic hydroxyl groups is 1. The maximum atomic E-state index is 15.3. The Hall–Kier alpha value is -2.25. The van der Waals surface area contributed by atoms with E-state index in [2.05, 4.69) is 4.90 Å². The number of likely N-dealkylation sites (tertiary alicyclic amines) is 2. The molecule has 0 bridgehead atoms. The molecule has 1 amide bonds. The molecule has 7 heteroatoms. The van der Waals surface area contributed by atoms with Crippen molar-refractivity contribution in [3.8, 4) is 5.75 Å². The molecule has 3 aliphatic rings. The molecule has 2 aliphatic heterocycles. The fourth-order valence-electron chi connectivity index (χ4n) is 5.53. The Bertz CT molecular complexity index is 964. The van der Waals surface area contributed by atoms with E-state index >= 15 is 4.39 Å². The molecule has 1 aliphatic carbocycles. The summed E-state index contributed by atoms with van der Waals surface area (Å²) in [6.45, 7) is 8.25. The minimum absolute atomic E-state index is 0.0886. The van der Waals surface area contributed by atoms with Crippen LogP contribution in [0.15, 0.2) is 42.5 Å². The first-order valence-corrected chi connectivity index (χ1v) is 13.2. The average Bonchev–Trinajstić information content (AvgIpc) is 3.33. The lowest BCUT2D eigenvalue weighted by Crippen LogP contribution is -2.49. The second-order valence-corrected chi connectivity index (χ2v) is 11.4. The van der Waals surface area contributed by atoms with Gasteiger partial charge in [0.05, 0.1) is 24.7 Å². The number of carbonyl (C=O) groups is 1. The molecular formula is C29H40F2N2O3. The number of amides is 1. The lowest BCUT2D eigenvalue weighted by Gasteiger charge is -2.36. The van der Waals surface area contributed by atoms with Crippen LogP contribution >= 0.6 is 0 Å². The van der Waals surface area contributed by atoms with Gasteiger partial charge in [-0.3, -0.25) is 4.79 Å². The summed E-state index contributed by atoms with van der Waals surface area (Å²) in [5.74, 6) is 0.963. The number of hydrogen-bond acceptors (Lipinski definition) is 4. The molecule has 3 atom stereocenters. The summed E-state index contributed by atoms with van der Waals surface area (Å²) in [6.07, 6.45) is 7.14. The molecule has 0 spiro atoms. The van der Waals surface area contributed by atoms with E-state index in [1.54, 1.807) is 31.7 Å². The fraction of sp³-hybridized carbons (Fsp3) is 0.621. The number of hydrogen-bond donors (Lipinski definition) is 1. The van der Waals surface area contributed by atoms with E-state index < -0.39 is 17.3 Å². The molecule has 2 unspecified atom stereocenters. The Labute approximate surface area is 213 Å². The molecule has 0 saturated carbocycles. The molecule has 198 valence electrons. The molecule has 0 aromatic heterocycles. The number of alkyl halides is 2. The first-order chi connectivity index (χ1) is 17.1. The van der Waals surface area contributed by atoms with Crippen molar-refractivity contribution < 1.29 is 23.4 Å². The normalized spacial score (nSPS) is 27.8. The molecule has 1 aromatic rings. The van der Waals surface area contributed by atoms with Crippen LogP contribution in [0.3, 0.4) is 0 Å². The van der Waals surface area contributed by atoms with Crippen molar-refractivity contribution in [3.05, 3.63) is 48.1 Å². The van der Waals surface area contributed by atoms with Crippen LogP contribution in [-0.4, -0.2) is 78.1 Å². The largest absolute Gasteiger partial charge is 0.493 e. The maximum Gasteiger partial charge on any atom is 0.235 e.